The molecule has 28 heavy (non-hydrogen) atoms. The van der Waals surface area contributed by atoms with Gasteiger partial charge in [-0.25, -0.2) is 0 Å². The summed E-state index contributed by atoms with van der Waals surface area (Å²) in [7, 11) is 0. The van der Waals surface area contributed by atoms with Gasteiger partial charge in [-0.2, -0.15) is 0 Å². The molecule has 1 aliphatic carbocycles. The van der Waals surface area contributed by atoms with E-state index in [-0.39, 0.29) is 30.4 Å². The van der Waals surface area contributed by atoms with Gasteiger partial charge in [0.1, 0.15) is 0 Å². The van der Waals surface area contributed by atoms with Crippen LogP contribution in [0.3, 0.4) is 0 Å². The Morgan fingerprint density at radius 2 is 1.86 bits per heavy atom. The minimum absolute atomic E-state index is 0.0322. The van der Waals surface area contributed by atoms with Crippen molar-refractivity contribution in [2.24, 2.45) is 5.92 Å². The lowest BCUT2D eigenvalue weighted by atomic mass is 9.90. The molecule has 5 nitrogen and oxygen atoms in total. The number of thiophene rings is 1. The van der Waals surface area contributed by atoms with Gasteiger partial charge >= 0.3 is 0 Å². The summed E-state index contributed by atoms with van der Waals surface area (Å²) in [6, 6.07) is 7.46. The fourth-order valence-electron chi connectivity index (χ4n) is 3.35. The number of amides is 2. The Bertz CT molecular complexity index is 917. The lowest BCUT2D eigenvalue weighted by Crippen LogP contribution is -2.41. The number of ketones is 1. The third-order valence-electron chi connectivity index (χ3n) is 5.28. The molecule has 1 atom stereocenters. The molecule has 0 unspecified atom stereocenters. The molecule has 0 fully saturated rings. The molecular weight excluding hydrogens is 372 g/mol. The highest BCUT2D eigenvalue weighted by atomic mass is 32.1. The van der Waals surface area contributed by atoms with Gasteiger partial charge in [-0.05, 0) is 67.9 Å². The molecular formula is C22H26N2O3S. The van der Waals surface area contributed by atoms with E-state index in [4.69, 9.17) is 0 Å². The van der Waals surface area contributed by atoms with Crippen LogP contribution in [0.15, 0.2) is 24.3 Å². The minimum Gasteiger partial charge on any atom is -0.294 e. The average Bonchev–Trinajstić information content (AvgIpc) is 3.09. The van der Waals surface area contributed by atoms with E-state index in [0.29, 0.717) is 16.4 Å². The second-order valence-corrected chi connectivity index (χ2v) is 8.77. The molecule has 2 N–H and O–H groups in total. The van der Waals surface area contributed by atoms with Gasteiger partial charge in [0.15, 0.2) is 5.78 Å². The zero-order valence-corrected chi connectivity index (χ0v) is 17.4. The summed E-state index contributed by atoms with van der Waals surface area (Å²) in [5, 5.41) is 0. The first-order chi connectivity index (χ1) is 13.3. The Morgan fingerprint density at radius 1 is 1.07 bits per heavy atom. The summed E-state index contributed by atoms with van der Waals surface area (Å²) < 4.78 is 0. The Balaban J connectivity index is 1.47. The van der Waals surface area contributed by atoms with E-state index in [1.807, 2.05) is 32.0 Å². The molecule has 2 aromatic rings. The van der Waals surface area contributed by atoms with Crippen LogP contribution >= 0.6 is 11.3 Å². The number of nitrogens with one attached hydrogen (secondary N) is 2. The highest BCUT2D eigenvalue weighted by Gasteiger charge is 2.21. The van der Waals surface area contributed by atoms with Crippen molar-refractivity contribution in [2.75, 3.05) is 0 Å². The number of benzene rings is 1. The van der Waals surface area contributed by atoms with Crippen molar-refractivity contribution in [1.82, 2.24) is 10.9 Å². The molecule has 3 rings (SSSR count). The van der Waals surface area contributed by atoms with Crippen molar-refractivity contribution in [2.45, 2.75) is 52.9 Å². The number of carbonyl (C=O) groups excluding carboxylic acids is 3. The van der Waals surface area contributed by atoms with Crippen LogP contribution in [0.5, 0.6) is 0 Å². The van der Waals surface area contributed by atoms with Gasteiger partial charge in [0.2, 0.25) is 5.91 Å². The zero-order chi connectivity index (χ0) is 20.3. The summed E-state index contributed by atoms with van der Waals surface area (Å²) >= 11 is 1.50. The molecule has 0 radical (unpaired) electrons. The maximum absolute atomic E-state index is 12.3. The van der Waals surface area contributed by atoms with Gasteiger partial charge in [0.25, 0.3) is 5.91 Å². The number of Topliss-reactive ketones (excluding diaryl/α,β-unsaturated/α-hetero) is 1. The number of carbonyl (C=O) groups is 3. The normalized spacial score (nSPS) is 15.6. The minimum atomic E-state index is -0.375. The van der Waals surface area contributed by atoms with Gasteiger partial charge in [-0.1, -0.05) is 19.1 Å². The van der Waals surface area contributed by atoms with Crippen molar-refractivity contribution in [1.29, 1.82) is 0 Å². The smallest absolute Gasteiger partial charge is 0.279 e. The van der Waals surface area contributed by atoms with E-state index in [1.165, 1.54) is 21.8 Å². The predicted molar refractivity (Wildman–Crippen MR) is 111 cm³/mol. The van der Waals surface area contributed by atoms with Crippen LogP contribution in [-0.4, -0.2) is 17.6 Å². The van der Waals surface area contributed by atoms with Crippen LogP contribution in [-0.2, 0) is 17.6 Å². The third-order valence-corrected chi connectivity index (χ3v) is 6.51. The summed E-state index contributed by atoms with van der Waals surface area (Å²) in [5.74, 6) is -0.112. The fraction of sp³-hybridized carbons (Fsp3) is 0.409. The van der Waals surface area contributed by atoms with Gasteiger partial charge in [-0.15, -0.1) is 11.3 Å². The second kappa shape index (κ2) is 8.69. The summed E-state index contributed by atoms with van der Waals surface area (Å²) in [6.07, 6.45) is 3.31. The van der Waals surface area contributed by atoms with Crippen molar-refractivity contribution < 1.29 is 14.4 Å². The van der Waals surface area contributed by atoms with Gasteiger partial charge in [0, 0.05) is 23.3 Å². The van der Waals surface area contributed by atoms with Crippen LogP contribution < -0.4 is 10.9 Å². The molecule has 1 aromatic carbocycles. The Kier molecular flexibility index (Phi) is 6.29. The van der Waals surface area contributed by atoms with E-state index < -0.39 is 0 Å². The van der Waals surface area contributed by atoms with E-state index in [2.05, 4.69) is 17.8 Å². The maximum atomic E-state index is 12.3. The van der Waals surface area contributed by atoms with Gasteiger partial charge < -0.3 is 0 Å². The van der Waals surface area contributed by atoms with Crippen molar-refractivity contribution in [3.05, 3.63) is 56.3 Å². The number of hydrogen-bond donors (Lipinski definition) is 2. The molecule has 148 valence electrons. The molecule has 0 bridgehead atoms. The lowest BCUT2D eigenvalue weighted by molar-refractivity contribution is -0.121. The molecule has 1 aromatic heterocycles. The van der Waals surface area contributed by atoms with Crippen molar-refractivity contribution in [3.63, 3.8) is 0 Å². The number of hydrogen-bond acceptors (Lipinski definition) is 4. The lowest BCUT2D eigenvalue weighted by Gasteiger charge is -2.16. The highest BCUT2D eigenvalue weighted by molar-refractivity contribution is 7.14. The number of hydrazine groups is 1. The van der Waals surface area contributed by atoms with Crippen LogP contribution in [0.1, 0.15) is 67.8 Å². The standard InChI is InChI=1S/C22H26N2O3S/c1-13-4-8-19-17(10-13)12-20(28-19)22(27)24-23-21(26)9-7-18(25)16-6-5-14(2)15(3)11-16/h5-6,11-13H,4,7-10H2,1-3H3,(H,23,26)(H,24,27)/t13-/m0/s1. The van der Waals surface area contributed by atoms with Crippen molar-refractivity contribution in [3.8, 4) is 0 Å². The Morgan fingerprint density at radius 3 is 2.61 bits per heavy atom. The first-order valence-corrected chi connectivity index (χ1v) is 10.5. The fourth-order valence-corrected chi connectivity index (χ4v) is 4.46. The maximum Gasteiger partial charge on any atom is 0.279 e. The highest BCUT2D eigenvalue weighted by Crippen LogP contribution is 2.32. The first-order valence-electron chi connectivity index (χ1n) is 9.64. The molecule has 2 amide bonds. The third kappa shape index (κ3) is 4.87. The quantitative estimate of drug-likeness (QED) is 0.592. The van der Waals surface area contributed by atoms with E-state index in [0.717, 1.165) is 30.4 Å². The van der Waals surface area contributed by atoms with Crippen LogP contribution in [0, 0.1) is 19.8 Å². The predicted octanol–water partition coefficient (Wildman–Crippen LogP) is 3.91. The Labute approximate surface area is 169 Å². The van der Waals surface area contributed by atoms with Crippen molar-refractivity contribution >= 4 is 28.9 Å². The molecule has 1 heterocycles. The van der Waals surface area contributed by atoms with Crippen LogP contribution in [0.25, 0.3) is 0 Å². The molecule has 0 aliphatic heterocycles. The van der Waals surface area contributed by atoms with Crippen LogP contribution in [0.4, 0.5) is 0 Å². The molecule has 0 spiro atoms. The number of rotatable bonds is 5. The van der Waals surface area contributed by atoms with E-state index in [1.54, 1.807) is 6.07 Å². The number of aryl methyl sites for hydroxylation is 3. The summed E-state index contributed by atoms with van der Waals surface area (Å²) in [5.41, 5.74) is 8.91. The molecule has 1 aliphatic rings. The van der Waals surface area contributed by atoms with Gasteiger partial charge in [0.05, 0.1) is 4.88 Å². The van der Waals surface area contributed by atoms with Gasteiger partial charge in [-0.3, -0.25) is 25.2 Å². The molecule has 0 saturated carbocycles. The van der Waals surface area contributed by atoms with Crippen LogP contribution in [0.2, 0.25) is 0 Å². The zero-order valence-electron chi connectivity index (χ0n) is 16.6. The summed E-state index contributed by atoms with van der Waals surface area (Å²) in [4.78, 5) is 38.4. The summed E-state index contributed by atoms with van der Waals surface area (Å²) in [6.45, 7) is 6.17. The molecule has 0 saturated heterocycles. The Hall–Kier alpha value is -2.47. The topological polar surface area (TPSA) is 75.3 Å². The SMILES string of the molecule is Cc1ccc(C(=O)CCC(=O)NNC(=O)c2cc3c(s2)CC[C@H](C)C3)cc1C. The largest absolute Gasteiger partial charge is 0.294 e. The van der Waals surface area contributed by atoms with E-state index in [9.17, 15) is 14.4 Å². The average molecular weight is 399 g/mol. The number of fused-ring (bicyclic) bond motifs is 1. The van der Waals surface area contributed by atoms with E-state index >= 15 is 0 Å². The molecule has 6 heteroatoms. The first kappa shape index (κ1) is 20.3. The second-order valence-electron chi connectivity index (χ2n) is 7.63. The monoisotopic (exact) mass is 398 g/mol.